The number of anilines is 1. The highest BCUT2D eigenvalue weighted by atomic mass is 32.2. The van der Waals surface area contributed by atoms with Gasteiger partial charge >= 0.3 is 0 Å². The maximum atomic E-state index is 13.0. The van der Waals surface area contributed by atoms with Crippen molar-refractivity contribution in [3.05, 3.63) is 59.9 Å². The van der Waals surface area contributed by atoms with E-state index in [9.17, 15) is 14.0 Å². The number of para-hydroxylation sites is 1. The molecule has 0 saturated heterocycles. The molecule has 4 rings (SSSR count). The van der Waals surface area contributed by atoms with Crippen molar-refractivity contribution in [2.75, 3.05) is 11.1 Å². The summed E-state index contributed by atoms with van der Waals surface area (Å²) in [5, 5.41) is 3.32. The number of amidine groups is 2. The Balaban J connectivity index is 1.54. The van der Waals surface area contributed by atoms with E-state index in [1.807, 2.05) is 36.1 Å². The number of amides is 2. The molecule has 8 heteroatoms. The molecule has 148 valence electrons. The van der Waals surface area contributed by atoms with Crippen LogP contribution in [0.15, 0.2) is 58.5 Å². The van der Waals surface area contributed by atoms with Gasteiger partial charge in [0.05, 0.1) is 11.4 Å². The van der Waals surface area contributed by atoms with E-state index in [4.69, 9.17) is 0 Å². The van der Waals surface area contributed by atoms with Crippen LogP contribution >= 0.6 is 11.8 Å². The van der Waals surface area contributed by atoms with E-state index in [0.29, 0.717) is 23.1 Å². The highest BCUT2D eigenvalue weighted by Crippen LogP contribution is 2.35. The minimum atomic E-state index is -0.394. The van der Waals surface area contributed by atoms with Crippen molar-refractivity contribution in [2.45, 2.75) is 25.8 Å². The predicted molar refractivity (Wildman–Crippen MR) is 113 cm³/mol. The molecule has 2 aliphatic rings. The molecule has 0 saturated carbocycles. The van der Waals surface area contributed by atoms with Gasteiger partial charge in [-0.3, -0.25) is 14.5 Å². The lowest BCUT2D eigenvalue weighted by atomic mass is 10.1. The van der Waals surface area contributed by atoms with Crippen molar-refractivity contribution < 1.29 is 14.0 Å². The second-order valence-corrected chi connectivity index (χ2v) is 7.65. The number of fused-ring (bicyclic) bond motifs is 3. The number of aliphatic imine (C=N–C) groups is 2. The molecule has 2 heterocycles. The molecule has 6 nitrogen and oxygen atoms in total. The molecule has 1 unspecified atom stereocenters. The number of rotatable bonds is 5. The van der Waals surface area contributed by atoms with E-state index in [2.05, 4.69) is 15.3 Å². The Labute approximate surface area is 171 Å². The zero-order chi connectivity index (χ0) is 20.4. The zero-order valence-corrected chi connectivity index (χ0v) is 16.6. The van der Waals surface area contributed by atoms with Crippen LogP contribution in [0.4, 0.5) is 15.8 Å². The van der Waals surface area contributed by atoms with E-state index in [-0.39, 0.29) is 23.4 Å². The van der Waals surface area contributed by atoms with Crippen molar-refractivity contribution in [1.82, 2.24) is 4.90 Å². The summed E-state index contributed by atoms with van der Waals surface area (Å²) in [7, 11) is 0. The van der Waals surface area contributed by atoms with Crippen molar-refractivity contribution in [3.8, 4) is 0 Å². The first-order chi connectivity index (χ1) is 14.1. The van der Waals surface area contributed by atoms with Gasteiger partial charge in [0.1, 0.15) is 17.7 Å². The molecule has 0 spiro atoms. The van der Waals surface area contributed by atoms with Crippen LogP contribution in [0.5, 0.6) is 0 Å². The minimum Gasteiger partial charge on any atom is -0.325 e. The summed E-state index contributed by atoms with van der Waals surface area (Å²) in [6.07, 6.45) is 1.50. The van der Waals surface area contributed by atoms with E-state index in [1.54, 1.807) is 0 Å². The second-order valence-electron chi connectivity index (χ2n) is 6.70. The third-order valence-corrected chi connectivity index (χ3v) is 5.58. The van der Waals surface area contributed by atoms with Crippen LogP contribution in [0, 0.1) is 5.82 Å². The number of hydrogen-bond donors (Lipinski definition) is 1. The molecule has 0 fully saturated rings. The van der Waals surface area contributed by atoms with Gasteiger partial charge in [-0.15, -0.1) is 0 Å². The Hall–Kier alpha value is -3.00. The normalized spacial score (nSPS) is 17.4. The van der Waals surface area contributed by atoms with Crippen LogP contribution in [0.25, 0.3) is 0 Å². The Kier molecular flexibility index (Phi) is 5.44. The van der Waals surface area contributed by atoms with Gasteiger partial charge in [-0.25, -0.2) is 9.38 Å². The molecule has 29 heavy (non-hydrogen) atoms. The number of nitrogens with zero attached hydrogens (tertiary/aromatic N) is 3. The number of nitrogens with one attached hydrogen (secondary N) is 1. The van der Waals surface area contributed by atoms with Gasteiger partial charge in [0, 0.05) is 11.3 Å². The summed E-state index contributed by atoms with van der Waals surface area (Å²) in [6.45, 7) is 2.02. The van der Waals surface area contributed by atoms with Gasteiger partial charge in [0.15, 0.2) is 5.17 Å². The molecule has 2 aromatic rings. The van der Waals surface area contributed by atoms with Gasteiger partial charge in [0.25, 0.3) is 5.91 Å². The molecule has 0 aliphatic carbocycles. The van der Waals surface area contributed by atoms with Crippen molar-refractivity contribution in [2.24, 2.45) is 9.98 Å². The largest absolute Gasteiger partial charge is 0.325 e. The smallest absolute Gasteiger partial charge is 0.270 e. The van der Waals surface area contributed by atoms with Gasteiger partial charge in [-0.1, -0.05) is 37.2 Å². The topological polar surface area (TPSA) is 74.1 Å². The molecule has 0 radical (unpaired) electrons. The summed E-state index contributed by atoms with van der Waals surface area (Å²) in [6, 6.07) is 12.7. The summed E-state index contributed by atoms with van der Waals surface area (Å²) in [5.41, 5.74) is 2.07. The van der Waals surface area contributed by atoms with Crippen molar-refractivity contribution in [3.63, 3.8) is 0 Å². The van der Waals surface area contributed by atoms with Crippen LogP contribution in [0.3, 0.4) is 0 Å². The second kappa shape index (κ2) is 8.16. The zero-order valence-electron chi connectivity index (χ0n) is 15.8. The van der Waals surface area contributed by atoms with Crippen LogP contribution in [0.2, 0.25) is 0 Å². The molecule has 2 amide bonds. The third-order valence-electron chi connectivity index (χ3n) is 4.63. The quantitative estimate of drug-likeness (QED) is 0.810. The SMILES string of the molecule is CCCC1C(=O)N=C2c3ccccc3N=C(SCC(=O)Nc3ccc(F)cc3)N21. The number of hydrogen-bond acceptors (Lipinski definition) is 5. The molecular formula is C21H19FN4O2S. The number of benzene rings is 2. The van der Waals surface area contributed by atoms with E-state index in [1.165, 1.54) is 36.0 Å². The van der Waals surface area contributed by atoms with Crippen LogP contribution in [0.1, 0.15) is 25.3 Å². The van der Waals surface area contributed by atoms with Gasteiger partial charge in [-0.05, 0) is 42.8 Å². The Morgan fingerprint density at radius 3 is 2.69 bits per heavy atom. The highest BCUT2D eigenvalue weighted by molar-refractivity contribution is 8.14. The fourth-order valence-corrected chi connectivity index (χ4v) is 4.16. The Morgan fingerprint density at radius 2 is 1.93 bits per heavy atom. The van der Waals surface area contributed by atoms with E-state index < -0.39 is 6.04 Å². The summed E-state index contributed by atoms with van der Waals surface area (Å²) in [4.78, 5) is 35.7. The van der Waals surface area contributed by atoms with Gasteiger partial charge < -0.3 is 5.32 Å². The standard InChI is InChI=1S/C21H19FN4O2S/c1-2-5-17-20(28)25-19-15-6-3-4-7-16(15)24-21(26(17)19)29-12-18(27)23-14-10-8-13(22)9-11-14/h3-4,6-11,17H,2,5,12H2,1H3,(H,23,27). The third kappa shape index (κ3) is 3.93. The van der Waals surface area contributed by atoms with Crippen LogP contribution in [-0.4, -0.2) is 39.5 Å². The van der Waals surface area contributed by atoms with E-state index >= 15 is 0 Å². The van der Waals surface area contributed by atoms with Crippen molar-refractivity contribution >= 4 is 46.0 Å². The highest BCUT2D eigenvalue weighted by Gasteiger charge is 2.41. The average Bonchev–Trinajstić information content (AvgIpc) is 3.05. The fourth-order valence-electron chi connectivity index (χ4n) is 3.31. The van der Waals surface area contributed by atoms with Gasteiger partial charge in [0.2, 0.25) is 5.91 Å². The molecule has 0 aromatic heterocycles. The fraction of sp³-hybridized carbons (Fsp3) is 0.238. The summed E-state index contributed by atoms with van der Waals surface area (Å²) < 4.78 is 13.0. The lowest BCUT2D eigenvalue weighted by Crippen LogP contribution is -2.43. The number of thioether (sulfide) groups is 1. The first-order valence-corrected chi connectivity index (χ1v) is 10.3. The Bertz CT molecular complexity index is 1020. The summed E-state index contributed by atoms with van der Waals surface area (Å²) >= 11 is 1.26. The first-order valence-electron chi connectivity index (χ1n) is 9.35. The first kappa shape index (κ1) is 19.3. The molecular weight excluding hydrogens is 391 g/mol. The van der Waals surface area contributed by atoms with Gasteiger partial charge in [-0.2, -0.15) is 4.99 Å². The predicted octanol–water partition coefficient (Wildman–Crippen LogP) is 3.96. The lowest BCUT2D eigenvalue weighted by Gasteiger charge is -2.30. The molecule has 1 N–H and O–H groups in total. The number of carbonyl (C=O) groups excluding carboxylic acids is 2. The number of carbonyl (C=O) groups is 2. The molecule has 2 aliphatic heterocycles. The molecule has 2 aromatic carbocycles. The molecule has 0 bridgehead atoms. The maximum Gasteiger partial charge on any atom is 0.270 e. The monoisotopic (exact) mass is 410 g/mol. The maximum absolute atomic E-state index is 13.0. The lowest BCUT2D eigenvalue weighted by molar-refractivity contribution is -0.119. The Morgan fingerprint density at radius 1 is 1.17 bits per heavy atom. The summed E-state index contributed by atoms with van der Waals surface area (Å²) in [5.74, 6) is -0.0720. The molecule has 1 atom stereocenters. The van der Waals surface area contributed by atoms with Crippen molar-refractivity contribution in [1.29, 1.82) is 0 Å². The average molecular weight is 410 g/mol. The van der Waals surface area contributed by atoms with Crippen LogP contribution < -0.4 is 5.32 Å². The van der Waals surface area contributed by atoms with Crippen LogP contribution in [-0.2, 0) is 9.59 Å². The number of halogens is 1. The minimum absolute atomic E-state index is 0.106. The van der Waals surface area contributed by atoms with E-state index in [0.717, 1.165) is 17.7 Å².